The summed E-state index contributed by atoms with van der Waals surface area (Å²) in [5, 5.41) is 11.7. The summed E-state index contributed by atoms with van der Waals surface area (Å²) in [6.07, 6.45) is 1.50. The Labute approximate surface area is 141 Å². The van der Waals surface area contributed by atoms with Gasteiger partial charge in [-0.3, -0.25) is 0 Å². The molecule has 2 heterocycles. The first-order chi connectivity index (χ1) is 11.3. The van der Waals surface area contributed by atoms with Crippen molar-refractivity contribution in [3.05, 3.63) is 30.5 Å². The number of aromatic nitrogens is 1. The summed E-state index contributed by atoms with van der Waals surface area (Å²) >= 11 is 0. The number of amides is 1. The third kappa shape index (κ3) is 3.53. The van der Waals surface area contributed by atoms with Crippen LogP contribution in [0.2, 0.25) is 0 Å². The van der Waals surface area contributed by atoms with Crippen LogP contribution in [-0.2, 0) is 4.74 Å². The van der Waals surface area contributed by atoms with Gasteiger partial charge in [-0.05, 0) is 44.4 Å². The minimum atomic E-state index is -0.483. The lowest BCUT2D eigenvalue weighted by molar-refractivity contribution is 0.0240. The van der Waals surface area contributed by atoms with Crippen LogP contribution in [0.4, 0.5) is 10.6 Å². The van der Waals surface area contributed by atoms with E-state index in [-0.39, 0.29) is 11.8 Å². The fourth-order valence-electron chi connectivity index (χ4n) is 2.82. The van der Waals surface area contributed by atoms with Gasteiger partial charge in [0.15, 0.2) is 0 Å². The second-order valence-corrected chi connectivity index (χ2v) is 6.99. The fraction of sp³-hybridized carbons (Fsp3) is 0.444. The number of pyridine rings is 1. The average molecular weight is 329 g/mol. The Hall–Kier alpha value is -2.50. The van der Waals surface area contributed by atoms with E-state index in [4.69, 9.17) is 4.74 Å². The zero-order valence-electron chi connectivity index (χ0n) is 14.3. The second-order valence-electron chi connectivity index (χ2n) is 6.99. The SMILES string of the molecule is CC(C)(C)OC(=O)N1CCN(c2nccc3ccc(O)cc23)CC1. The van der Waals surface area contributed by atoms with Crippen LogP contribution in [0.5, 0.6) is 5.75 Å². The average Bonchev–Trinajstić information content (AvgIpc) is 2.53. The normalized spacial score (nSPS) is 15.6. The molecule has 0 atom stereocenters. The number of piperazine rings is 1. The molecule has 24 heavy (non-hydrogen) atoms. The first-order valence-corrected chi connectivity index (χ1v) is 8.14. The van der Waals surface area contributed by atoms with Gasteiger partial charge in [-0.1, -0.05) is 6.07 Å². The number of nitrogens with zero attached hydrogens (tertiary/aromatic N) is 3. The highest BCUT2D eigenvalue weighted by atomic mass is 16.6. The molecule has 1 aromatic carbocycles. The molecule has 1 saturated heterocycles. The monoisotopic (exact) mass is 329 g/mol. The number of carbonyl (C=O) groups is 1. The van der Waals surface area contributed by atoms with Crippen LogP contribution >= 0.6 is 0 Å². The quantitative estimate of drug-likeness (QED) is 0.871. The highest BCUT2D eigenvalue weighted by molar-refractivity contribution is 5.93. The van der Waals surface area contributed by atoms with Gasteiger partial charge in [0.25, 0.3) is 0 Å². The van der Waals surface area contributed by atoms with Crippen LogP contribution in [0.1, 0.15) is 20.8 Å². The molecule has 1 fully saturated rings. The fourth-order valence-corrected chi connectivity index (χ4v) is 2.82. The number of benzene rings is 1. The van der Waals surface area contributed by atoms with Gasteiger partial charge in [0.1, 0.15) is 17.2 Å². The van der Waals surface area contributed by atoms with E-state index in [0.717, 1.165) is 16.6 Å². The van der Waals surface area contributed by atoms with Crippen molar-refractivity contribution in [2.75, 3.05) is 31.1 Å². The standard InChI is InChI=1S/C18H23N3O3/c1-18(2,3)24-17(23)21-10-8-20(9-11-21)16-15-12-14(22)5-4-13(15)6-7-19-16/h4-7,12,22H,8-11H2,1-3H3. The number of fused-ring (bicyclic) bond motifs is 1. The number of carbonyl (C=O) groups excluding carboxylic acids is 1. The zero-order valence-corrected chi connectivity index (χ0v) is 14.3. The molecule has 2 aromatic rings. The Morgan fingerprint density at radius 2 is 1.88 bits per heavy atom. The molecule has 0 spiro atoms. The molecule has 0 bridgehead atoms. The zero-order chi connectivity index (χ0) is 17.3. The summed E-state index contributed by atoms with van der Waals surface area (Å²) in [7, 11) is 0. The second kappa shape index (κ2) is 6.19. The largest absolute Gasteiger partial charge is 0.508 e. The molecule has 0 aliphatic carbocycles. The van der Waals surface area contributed by atoms with E-state index < -0.39 is 5.60 Å². The highest BCUT2D eigenvalue weighted by Gasteiger charge is 2.26. The van der Waals surface area contributed by atoms with Crippen molar-refractivity contribution in [2.45, 2.75) is 26.4 Å². The van der Waals surface area contributed by atoms with Gasteiger partial charge in [-0.25, -0.2) is 9.78 Å². The Kier molecular flexibility index (Phi) is 4.22. The molecule has 1 amide bonds. The molecule has 0 saturated carbocycles. The Morgan fingerprint density at radius 3 is 2.54 bits per heavy atom. The number of ether oxygens (including phenoxy) is 1. The van der Waals surface area contributed by atoms with Crippen LogP contribution in [0.15, 0.2) is 30.5 Å². The van der Waals surface area contributed by atoms with Crippen molar-refractivity contribution in [1.29, 1.82) is 0 Å². The van der Waals surface area contributed by atoms with E-state index in [9.17, 15) is 9.90 Å². The number of rotatable bonds is 1. The molecule has 0 unspecified atom stereocenters. The Morgan fingerprint density at radius 1 is 1.17 bits per heavy atom. The van der Waals surface area contributed by atoms with Crippen LogP contribution < -0.4 is 4.90 Å². The predicted octanol–water partition coefficient (Wildman–Crippen LogP) is 3.00. The lowest BCUT2D eigenvalue weighted by atomic mass is 10.1. The topological polar surface area (TPSA) is 65.9 Å². The molecule has 128 valence electrons. The maximum atomic E-state index is 12.2. The molecule has 0 radical (unpaired) electrons. The van der Waals surface area contributed by atoms with Crippen LogP contribution in [-0.4, -0.2) is 52.9 Å². The molecule has 1 N–H and O–H groups in total. The van der Waals surface area contributed by atoms with Crippen molar-refractivity contribution in [1.82, 2.24) is 9.88 Å². The summed E-state index contributed by atoms with van der Waals surface area (Å²) in [5.41, 5.74) is -0.483. The third-order valence-electron chi connectivity index (χ3n) is 3.96. The van der Waals surface area contributed by atoms with Crippen LogP contribution in [0.3, 0.4) is 0 Å². The number of phenolic OH excluding ortho intramolecular Hbond substituents is 1. The van der Waals surface area contributed by atoms with Crippen molar-refractivity contribution >= 4 is 22.7 Å². The van der Waals surface area contributed by atoms with E-state index in [1.54, 1.807) is 23.2 Å². The van der Waals surface area contributed by atoms with Crippen molar-refractivity contribution in [2.24, 2.45) is 0 Å². The molecule has 1 aliphatic heterocycles. The van der Waals surface area contributed by atoms with Gasteiger partial charge in [0, 0.05) is 37.8 Å². The molecule has 6 nitrogen and oxygen atoms in total. The van der Waals surface area contributed by atoms with E-state index >= 15 is 0 Å². The summed E-state index contributed by atoms with van der Waals surface area (Å²) < 4.78 is 5.42. The summed E-state index contributed by atoms with van der Waals surface area (Å²) in [5.74, 6) is 1.07. The van der Waals surface area contributed by atoms with Gasteiger partial charge in [-0.2, -0.15) is 0 Å². The van der Waals surface area contributed by atoms with E-state index in [1.165, 1.54) is 0 Å². The van der Waals surface area contributed by atoms with Gasteiger partial charge in [0.2, 0.25) is 0 Å². The van der Waals surface area contributed by atoms with Gasteiger partial charge in [0.05, 0.1) is 0 Å². The van der Waals surface area contributed by atoms with Gasteiger partial charge >= 0.3 is 6.09 Å². The van der Waals surface area contributed by atoms with Gasteiger partial charge in [-0.15, -0.1) is 0 Å². The smallest absolute Gasteiger partial charge is 0.410 e. The Balaban J connectivity index is 1.73. The molecule has 6 heteroatoms. The highest BCUT2D eigenvalue weighted by Crippen LogP contribution is 2.28. The van der Waals surface area contributed by atoms with E-state index in [0.29, 0.717) is 26.2 Å². The van der Waals surface area contributed by atoms with Gasteiger partial charge < -0.3 is 19.6 Å². The minimum Gasteiger partial charge on any atom is -0.508 e. The van der Waals surface area contributed by atoms with Crippen molar-refractivity contribution < 1.29 is 14.6 Å². The number of phenols is 1. The number of hydrogen-bond donors (Lipinski definition) is 1. The minimum absolute atomic E-state index is 0.226. The third-order valence-corrected chi connectivity index (χ3v) is 3.96. The van der Waals surface area contributed by atoms with Crippen molar-refractivity contribution in [3.8, 4) is 5.75 Å². The predicted molar refractivity (Wildman–Crippen MR) is 93.4 cm³/mol. The van der Waals surface area contributed by atoms with E-state index in [2.05, 4.69) is 9.88 Å². The first kappa shape index (κ1) is 16.4. The van der Waals surface area contributed by atoms with E-state index in [1.807, 2.05) is 32.9 Å². The summed E-state index contributed by atoms with van der Waals surface area (Å²) in [6.45, 7) is 8.15. The van der Waals surface area contributed by atoms with Crippen LogP contribution in [0, 0.1) is 0 Å². The first-order valence-electron chi connectivity index (χ1n) is 8.14. The number of anilines is 1. The maximum Gasteiger partial charge on any atom is 0.410 e. The molecular weight excluding hydrogens is 306 g/mol. The Bertz CT molecular complexity index is 747. The van der Waals surface area contributed by atoms with Crippen molar-refractivity contribution in [3.63, 3.8) is 0 Å². The summed E-state index contributed by atoms with van der Waals surface area (Å²) in [6, 6.07) is 7.21. The summed E-state index contributed by atoms with van der Waals surface area (Å²) in [4.78, 5) is 20.5. The maximum absolute atomic E-state index is 12.2. The molecule has 1 aliphatic rings. The number of aromatic hydroxyl groups is 1. The lowest BCUT2D eigenvalue weighted by Crippen LogP contribution is -2.50. The molecular formula is C18H23N3O3. The molecule has 3 rings (SSSR count). The number of hydrogen-bond acceptors (Lipinski definition) is 5. The lowest BCUT2D eigenvalue weighted by Gasteiger charge is -2.36. The van der Waals surface area contributed by atoms with Crippen LogP contribution in [0.25, 0.3) is 10.8 Å². The molecule has 1 aromatic heterocycles.